The lowest BCUT2D eigenvalue weighted by atomic mass is 10.3. The van der Waals surface area contributed by atoms with Gasteiger partial charge in [-0.2, -0.15) is 0 Å². The highest BCUT2D eigenvalue weighted by molar-refractivity contribution is 7.12. The number of aromatic nitrogens is 1. The molecule has 0 amide bonds. The molecule has 16 heavy (non-hydrogen) atoms. The predicted octanol–water partition coefficient (Wildman–Crippen LogP) is 2.90. The SMILES string of the molecule is CCc1ccc(CNc2ncccc2N)s1. The molecule has 0 atom stereocenters. The third-order valence-electron chi connectivity index (χ3n) is 2.33. The lowest BCUT2D eigenvalue weighted by molar-refractivity contribution is 1.14. The molecule has 4 heteroatoms. The second kappa shape index (κ2) is 4.99. The summed E-state index contributed by atoms with van der Waals surface area (Å²) >= 11 is 1.83. The summed E-state index contributed by atoms with van der Waals surface area (Å²) in [5, 5.41) is 3.24. The normalized spacial score (nSPS) is 10.3. The fourth-order valence-corrected chi connectivity index (χ4v) is 2.34. The third kappa shape index (κ3) is 2.52. The molecule has 2 aromatic rings. The molecule has 0 spiro atoms. The van der Waals surface area contributed by atoms with Crippen LogP contribution in [0.2, 0.25) is 0 Å². The second-order valence-corrected chi connectivity index (χ2v) is 4.77. The van der Waals surface area contributed by atoms with Crippen LogP contribution in [0.4, 0.5) is 11.5 Å². The predicted molar refractivity (Wildman–Crippen MR) is 69.7 cm³/mol. The van der Waals surface area contributed by atoms with Crippen molar-refractivity contribution in [3.8, 4) is 0 Å². The molecular formula is C12H15N3S. The number of nitrogens with two attached hydrogens (primary N) is 1. The van der Waals surface area contributed by atoms with Crippen LogP contribution in [0.5, 0.6) is 0 Å². The van der Waals surface area contributed by atoms with Gasteiger partial charge in [0.1, 0.15) is 5.82 Å². The summed E-state index contributed by atoms with van der Waals surface area (Å²) in [5.41, 5.74) is 6.48. The van der Waals surface area contributed by atoms with E-state index in [1.54, 1.807) is 6.20 Å². The number of hydrogen-bond acceptors (Lipinski definition) is 4. The minimum absolute atomic E-state index is 0.690. The quantitative estimate of drug-likeness (QED) is 0.853. The van der Waals surface area contributed by atoms with E-state index in [1.165, 1.54) is 9.75 Å². The molecule has 2 aromatic heterocycles. The van der Waals surface area contributed by atoms with E-state index in [0.29, 0.717) is 5.69 Å². The van der Waals surface area contributed by atoms with E-state index in [0.717, 1.165) is 18.8 Å². The van der Waals surface area contributed by atoms with Crippen molar-refractivity contribution in [3.05, 3.63) is 40.2 Å². The van der Waals surface area contributed by atoms with E-state index in [-0.39, 0.29) is 0 Å². The average molecular weight is 233 g/mol. The molecule has 0 aromatic carbocycles. The summed E-state index contributed by atoms with van der Waals surface area (Å²) in [6, 6.07) is 8.00. The van der Waals surface area contributed by atoms with Gasteiger partial charge in [-0.15, -0.1) is 11.3 Å². The zero-order valence-corrected chi connectivity index (χ0v) is 10.1. The van der Waals surface area contributed by atoms with Gasteiger partial charge in [0, 0.05) is 16.0 Å². The maximum absolute atomic E-state index is 5.79. The van der Waals surface area contributed by atoms with Crippen molar-refractivity contribution < 1.29 is 0 Å². The zero-order valence-electron chi connectivity index (χ0n) is 9.23. The van der Waals surface area contributed by atoms with Gasteiger partial charge < -0.3 is 11.1 Å². The van der Waals surface area contributed by atoms with Gasteiger partial charge in [-0.05, 0) is 30.7 Å². The molecule has 3 nitrogen and oxygen atoms in total. The van der Waals surface area contributed by atoms with Gasteiger partial charge in [-0.1, -0.05) is 6.92 Å². The van der Waals surface area contributed by atoms with Crippen molar-refractivity contribution in [2.75, 3.05) is 11.1 Å². The number of nitrogens with one attached hydrogen (secondary N) is 1. The molecule has 0 saturated carbocycles. The molecule has 84 valence electrons. The molecular weight excluding hydrogens is 218 g/mol. The number of pyridine rings is 1. The third-order valence-corrected chi connectivity index (χ3v) is 3.56. The smallest absolute Gasteiger partial charge is 0.149 e. The van der Waals surface area contributed by atoms with Crippen molar-refractivity contribution in [2.45, 2.75) is 19.9 Å². The number of rotatable bonds is 4. The van der Waals surface area contributed by atoms with Gasteiger partial charge in [-0.25, -0.2) is 4.98 Å². The van der Waals surface area contributed by atoms with Crippen molar-refractivity contribution in [2.24, 2.45) is 0 Å². The van der Waals surface area contributed by atoms with Gasteiger partial charge in [0.05, 0.1) is 12.2 Å². The Bertz CT molecular complexity index is 465. The van der Waals surface area contributed by atoms with Crippen LogP contribution in [0.3, 0.4) is 0 Å². The van der Waals surface area contributed by atoms with Crippen LogP contribution in [0.15, 0.2) is 30.5 Å². The number of hydrogen-bond donors (Lipinski definition) is 2. The first-order valence-electron chi connectivity index (χ1n) is 5.31. The molecule has 0 fully saturated rings. The lowest BCUT2D eigenvalue weighted by Gasteiger charge is -2.05. The summed E-state index contributed by atoms with van der Waals surface area (Å²) in [6.07, 6.45) is 2.83. The topological polar surface area (TPSA) is 50.9 Å². The summed E-state index contributed by atoms with van der Waals surface area (Å²) in [6.45, 7) is 2.95. The molecule has 0 radical (unpaired) electrons. The largest absolute Gasteiger partial charge is 0.396 e. The van der Waals surface area contributed by atoms with Crippen molar-refractivity contribution >= 4 is 22.8 Å². The highest BCUT2D eigenvalue weighted by atomic mass is 32.1. The minimum Gasteiger partial charge on any atom is -0.396 e. The number of anilines is 2. The lowest BCUT2D eigenvalue weighted by Crippen LogP contribution is -2.02. The standard InChI is InChI=1S/C12H15N3S/c1-2-9-5-6-10(16-9)8-15-12-11(13)4-3-7-14-12/h3-7H,2,8,13H2,1H3,(H,14,15). The molecule has 0 aliphatic carbocycles. The Morgan fingerprint density at radius 2 is 2.12 bits per heavy atom. The van der Waals surface area contributed by atoms with Crippen molar-refractivity contribution in [1.29, 1.82) is 0 Å². The van der Waals surface area contributed by atoms with E-state index in [4.69, 9.17) is 5.73 Å². The Hall–Kier alpha value is -1.55. The van der Waals surface area contributed by atoms with Crippen LogP contribution in [-0.2, 0) is 13.0 Å². The maximum Gasteiger partial charge on any atom is 0.149 e. The van der Waals surface area contributed by atoms with Crippen LogP contribution in [0.1, 0.15) is 16.7 Å². The molecule has 0 aliphatic rings. The molecule has 2 heterocycles. The van der Waals surface area contributed by atoms with E-state index < -0.39 is 0 Å². The first-order chi connectivity index (χ1) is 7.79. The second-order valence-electron chi connectivity index (χ2n) is 3.52. The van der Waals surface area contributed by atoms with Gasteiger partial charge in [0.2, 0.25) is 0 Å². The Morgan fingerprint density at radius 3 is 2.81 bits per heavy atom. The average Bonchev–Trinajstić information content (AvgIpc) is 2.76. The van der Waals surface area contributed by atoms with Gasteiger partial charge >= 0.3 is 0 Å². The number of nitrogen functional groups attached to an aromatic ring is 1. The van der Waals surface area contributed by atoms with Crippen LogP contribution in [0, 0.1) is 0 Å². The minimum atomic E-state index is 0.690. The first kappa shape index (κ1) is 11.0. The molecule has 0 aliphatic heterocycles. The molecule has 0 saturated heterocycles. The number of aryl methyl sites for hydroxylation is 1. The summed E-state index contributed by atoms with van der Waals surface area (Å²) in [4.78, 5) is 6.90. The van der Waals surface area contributed by atoms with Crippen LogP contribution in [0.25, 0.3) is 0 Å². The Labute approximate surface area is 99.3 Å². The molecule has 2 rings (SSSR count). The van der Waals surface area contributed by atoms with Crippen molar-refractivity contribution in [3.63, 3.8) is 0 Å². The Balaban J connectivity index is 1.99. The fraction of sp³-hybridized carbons (Fsp3) is 0.250. The molecule has 0 unspecified atom stereocenters. The van der Waals surface area contributed by atoms with Crippen LogP contribution < -0.4 is 11.1 Å². The Kier molecular flexibility index (Phi) is 3.41. The van der Waals surface area contributed by atoms with Crippen LogP contribution >= 0.6 is 11.3 Å². The number of thiophene rings is 1. The first-order valence-corrected chi connectivity index (χ1v) is 6.13. The molecule has 0 bridgehead atoms. The van der Waals surface area contributed by atoms with Crippen LogP contribution in [-0.4, -0.2) is 4.98 Å². The summed E-state index contributed by atoms with van der Waals surface area (Å²) < 4.78 is 0. The highest BCUT2D eigenvalue weighted by Gasteiger charge is 2.01. The number of nitrogens with zero attached hydrogens (tertiary/aromatic N) is 1. The molecule has 3 N–H and O–H groups in total. The highest BCUT2D eigenvalue weighted by Crippen LogP contribution is 2.19. The van der Waals surface area contributed by atoms with E-state index >= 15 is 0 Å². The summed E-state index contributed by atoms with van der Waals surface area (Å²) in [5.74, 6) is 0.758. The van der Waals surface area contributed by atoms with Gasteiger partial charge in [0.25, 0.3) is 0 Å². The van der Waals surface area contributed by atoms with Gasteiger partial charge in [-0.3, -0.25) is 0 Å². The zero-order chi connectivity index (χ0) is 11.4. The van der Waals surface area contributed by atoms with Crippen molar-refractivity contribution in [1.82, 2.24) is 4.98 Å². The Morgan fingerprint density at radius 1 is 1.31 bits per heavy atom. The van der Waals surface area contributed by atoms with E-state index in [1.807, 2.05) is 23.5 Å². The van der Waals surface area contributed by atoms with E-state index in [9.17, 15) is 0 Å². The van der Waals surface area contributed by atoms with Gasteiger partial charge in [0.15, 0.2) is 0 Å². The van der Waals surface area contributed by atoms with E-state index in [2.05, 4.69) is 29.4 Å². The fourth-order valence-electron chi connectivity index (χ4n) is 1.44. The maximum atomic E-state index is 5.79. The summed E-state index contributed by atoms with van der Waals surface area (Å²) in [7, 11) is 0. The monoisotopic (exact) mass is 233 g/mol.